The number of carbonyl (C=O) groups excluding carboxylic acids is 1. The summed E-state index contributed by atoms with van der Waals surface area (Å²) in [4.78, 5) is 22.5. The number of carbonyl (C=O) groups is 2. The minimum absolute atomic E-state index is 0.00446. The molecule has 5 nitrogen and oxygen atoms in total. The van der Waals surface area contributed by atoms with Crippen molar-refractivity contribution in [1.29, 1.82) is 0 Å². The highest BCUT2D eigenvalue weighted by Crippen LogP contribution is 2.17. The first-order valence-corrected chi connectivity index (χ1v) is 5.14. The second kappa shape index (κ2) is 4.86. The van der Waals surface area contributed by atoms with Crippen LogP contribution in [0.5, 0.6) is 5.75 Å². The van der Waals surface area contributed by atoms with Crippen molar-refractivity contribution in [3.8, 4) is 5.75 Å². The topological polar surface area (TPSA) is 86.6 Å². The zero-order valence-corrected chi connectivity index (χ0v) is 9.73. The van der Waals surface area contributed by atoms with Crippen molar-refractivity contribution in [1.82, 2.24) is 5.32 Å². The number of amides is 1. The number of hydrogen-bond acceptors (Lipinski definition) is 3. The van der Waals surface area contributed by atoms with E-state index in [1.807, 2.05) is 0 Å². The van der Waals surface area contributed by atoms with Crippen molar-refractivity contribution >= 4 is 11.9 Å². The highest BCUT2D eigenvalue weighted by atomic mass is 16.4. The van der Waals surface area contributed by atoms with Crippen LogP contribution in [0.2, 0.25) is 0 Å². The van der Waals surface area contributed by atoms with Gasteiger partial charge in [0.05, 0.1) is 11.0 Å². The van der Waals surface area contributed by atoms with Crippen molar-refractivity contribution in [3.63, 3.8) is 0 Å². The average molecular weight is 237 g/mol. The van der Waals surface area contributed by atoms with Crippen LogP contribution in [0.1, 0.15) is 24.2 Å². The summed E-state index contributed by atoms with van der Waals surface area (Å²) >= 11 is 0. The summed E-state index contributed by atoms with van der Waals surface area (Å²) in [5.74, 6) is -1.61. The summed E-state index contributed by atoms with van der Waals surface area (Å²) in [5.41, 5.74) is -0.909. The molecule has 1 amide bonds. The van der Waals surface area contributed by atoms with Gasteiger partial charge in [-0.25, -0.2) is 0 Å². The fourth-order valence-corrected chi connectivity index (χ4v) is 1.14. The number of nitrogens with one attached hydrogen (secondary N) is 1. The van der Waals surface area contributed by atoms with E-state index >= 15 is 0 Å². The van der Waals surface area contributed by atoms with Gasteiger partial charge in [0.15, 0.2) is 0 Å². The van der Waals surface area contributed by atoms with Gasteiger partial charge in [-0.3, -0.25) is 9.59 Å². The molecule has 5 heteroatoms. The quantitative estimate of drug-likeness (QED) is 0.735. The minimum atomic E-state index is -1.04. The molecule has 0 aliphatic carbocycles. The molecule has 0 heterocycles. The number of aromatic hydroxyl groups is 1. The Labute approximate surface area is 99.1 Å². The summed E-state index contributed by atoms with van der Waals surface area (Å²) in [6.07, 6.45) is 0. The SMILES string of the molecule is CC(C)(CNC(=O)c1ccccc1O)C(=O)O. The maximum atomic E-state index is 11.7. The van der Waals surface area contributed by atoms with Gasteiger partial charge in [0.1, 0.15) is 5.75 Å². The average Bonchev–Trinajstić information content (AvgIpc) is 2.26. The molecule has 0 radical (unpaired) electrons. The summed E-state index contributed by atoms with van der Waals surface area (Å²) in [6, 6.07) is 6.10. The lowest BCUT2D eigenvalue weighted by atomic mass is 9.94. The van der Waals surface area contributed by atoms with E-state index in [0.717, 1.165) is 0 Å². The zero-order chi connectivity index (χ0) is 13.1. The van der Waals surface area contributed by atoms with Gasteiger partial charge < -0.3 is 15.5 Å². The lowest BCUT2D eigenvalue weighted by Gasteiger charge is -2.19. The third-order valence-electron chi connectivity index (χ3n) is 2.42. The molecule has 1 aromatic carbocycles. The van der Waals surface area contributed by atoms with Crippen molar-refractivity contribution in [2.75, 3.05) is 6.54 Å². The van der Waals surface area contributed by atoms with Gasteiger partial charge >= 0.3 is 5.97 Å². The van der Waals surface area contributed by atoms with Crippen molar-refractivity contribution in [2.45, 2.75) is 13.8 Å². The van der Waals surface area contributed by atoms with Crippen LogP contribution in [0, 0.1) is 5.41 Å². The van der Waals surface area contributed by atoms with Gasteiger partial charge in [-0.05, 0) is 26.0 Å². The highest BCUT2D eigenvalue weighted by molar-refractivity contribution is 5.97. The van der Waals surface area contributed by atoms with Crippen LogP contribution in [0.15, 0.2) is 24.3 Å². The Kier molecular flexibility index (Phi) is 3.73. The lowest BCUT2D eigenvalue weighted by molar-refractivity contribution is -0.146. The molecular formula is C12H15NO4. The van der Waals surface area contributed by atoms with Gasteiger partial charge in [0.2, 0.25) is 0 Å². The van der Waals surface area contributed by atoms with Gasteiger partial charge in [-0.2, -0.15) is 0 Å². The molecule has 0 fully saturated rings. The second-order valence-corrected chi connectivity index (χ2v) is 4.39. The number of aliphatic carboxylic acids is 1. The van der Waals surface area contributed by atoms with Crippen molar-refractivity contribution < 1.29 is 19.8 Å². The number of carboxylic acid groups (broad SMARTS) is 1. The first-order chi connectivity index (χ1) is 7.84. The van der Waals surface area contributed by atoms with Crippen LogP contribution >= 0.6 is 0 Å². The highest BCUT2D eigenvalue weighted by Gasteiger charge is 2.27. The monoisotopic (exact) mass is 237 g/mol. The Morgan fingerprint density at radius 3 is 2.41 bits per heavy atom. The minimum Gasteiger partial charge on any atom is -0.507 e. The van der Waals surface area contributed by atoms with Gasteiger partial charge in [0, 0.05) is 6.54 Å². The number of hydrogen-bond donors (Lipinski definition) is 3. The molecule has 17 heavy (non-hydrogen) atoms. The number of carboxylic acids is 1. The lowest BCUT2D eigenvalue weighted by Crippen LogP contribution is -2.38. The van der Waals surface area contributed by atoms with Crippen LogP contribution in [0.25, 0.3) is 0 Å². The molecule has 3 N–H and O–H groups in total. The van der Waals surface area contributed by atoms with Crippen LogP contribution < -0.4 is 5.32 Å². The van der Waals surface area contributed by atoms with E-state index in [4.69, 9.17) is 5.11 Å². The first-order valence-electron chi connectivity index (χ1n) is 5.14. The van der Waals surface area contributed by atoms with Crippen LogP contribution in [0.4, 0.5) is 0 Å². The van der Waals surface area contributed by atoms with E-state index in [0.29, 0.717) is 0 Å². The largest absolute Gasteiger partial charge is 0.507 e. The van der Waals surface area contributed by atoms with E-state index < -0.39 is 17.3 Å². The molecular weight excluding hydrogens is 222 g/mol. The second-order valence-electron chi connectivity index (χ2n) is 4.39. The van der Waals surface area contributed by atoms with Crippen molar-refractivity contribution in [2.24, 2.45) is 5.41 Å². The fourth-order valence-electron chi connectivity index (χ4n) is 1.14. The van der Waals surface area contributed by atoms with E-state index in [1.165, 1.54) is 26.0 Å². The summed E-state index contributed by atoms with van der Waals surface area (Å²) in [5, 5.41) is 20.8. The van der Waals surface area contributed by atoms with E-state index in [2.05, 4.69) is 5.32 Å². The van der Waals surface area contributed by atoms with E-state index in [9.17, 15) is 14.7 Å². The smallest absolute Gasteiger partial charge is 0.310 e. The first kappa shape index (κ1) is 13.0. The van der Waals surface area contributed by atoms with Crippen LogP contribution in [0.3, 0.4) is 0 Å². The number of phenolic OH excluding ortho intramolecular Hbond substituents is 1. The molecule has 0 atom stereocenters. The molecule has 0 saturated carbocycles. The number of para-hydroxylation sites is 1. The molecule has 0 aliphatic rings. The Morgan fingerprint density at radius 2 is 1.88 bits per heavy atom. The summed E-state index contributed by atoms with van der Waals surface area (Å²) in [6.45, 7) is 3.02. The molecule has 92 valence electrons. The van der Waals surface area contributed by atoms with Gasteiger partial charge in [-0.15, -0.1) is 0 Å². The molecule has 1 rings (SSSR count). The normalized spacial score (nSPS) is 10.9. The molecule has 0 saturated heterocycles. The zero-order valence-electron chi connectivity index (χ0n) is 9.73. The standard InChI is InChI=1S/C12H15NO4/c1-12(2,11(16)17)7-13-10(15)8-5-3-4-6-9(8)14/h3-6,14H,7H2,1-2H3,(H,13,15)(H,16,17). The number of benzene rings is 1. The van der Waals surface area contributed by atoms with Crippen LogP contribution in [-0.4, -0.2) is 28.6 Å². The van der Waals surface area contributed by atoms with Gasteiger partial charge in [-0.1, -0.05) is 12.1 Å². The Hall–Kier alpha value is -2.04. The number of phenols is 1. The molecule has 0 aromatic heterocycles. The third-order valence-corrected chi connectivity index (χ3v) is 2.42. The Balaban J connectivity index is 2.69. The van der Waals surface area contributed by atoms with E-state index in [1.54, 1.807) is 12.1 Å². The number of rotatable bonds is 4. The van der Waals surface area contributed by atoms with Gasteiger partial charge in [0.25, 0.3) is 5.91 Å². The summed E-state index contributed by atoms with van der Waals surface area (Å²) < 4.78 is 0. The maximum absolute atomic E-state index is 11.7. The Bertz CT molecular complexity index is 440. The van der Waals surface area contributed by atoms with Crippen LogP contribution in [-0.2, 0) is 4.79 Å². The molecule has 1 aromatic rings. The predicted molar refractivity (Wildman–Crippen MR) is 61.9 cm³/mol. The molecule has 0 unspecified atom stereocenters. The molecule has 0 bridgehead atoms. The Morgan fingerprint density at radius 1 is 1.29 bits per heavy atom. The molecule has 0 aliphatic heterocycles. The summed E-state index contributed by atoms with van der Waals surface area (Å²) in [7, 11) is 0. The third kappa shape index (κ3) is 3.21. The maximum Gasteiger partial charge on any atom is 0.310 e. The molecule has 0 spiro atoms. The van der Waals surface area contributed by atoms with Crippen molar-refractivity contribution in [3.05, 3.63) is 29.8 Å². The van der Waals surface area contributed by atoms with E-state index in [-0.39, 0.29) is 17.9 Å². The predicted octanol–water partition coefficient (Wildman–Crippen LogP) is 1.23. The fraction of sp³-hybridized carbons (Fsp3) is 0.333.